The van der Waals surface area contributed by atoms with E-state index in [1.165, 1.54) is 9.75 Å². The lowest BCUT2D eigenvalue weighted by Crippen LogP contribution is -1.90. The molecule has 0 aliphatic carbocycles. The second kappa shape index (κ2) is 6.16. The van der Waals surface area contributed by atoms with Crippen LogP contribution in [-0.4, -0.2) is 7.11 Å². The number of thioether (sulfide) groups is 1. The molecule has 0 spiro atoms. The second-order valence-electron chi connectivity index (χ2n) is 3.91. The Bertz CT molecular complexity index is 522. The van der Waals surface area contributed by atoms with E-state index in [2.05, 4.69) is 19.1 Å². The first-order valence-electron chi connectivity index (χ1n) is 5.87. The Morgan fingerprint density at radius 2 is 2.00 bits per heavy atom. The van der Waals surface area contributed by atoms with Gasteiger partial charge >= 0.3 is 0 Å². The lowest BCUT2D eigenvalue weighted by molar-refractivity contribution is 0.414. The van der Waals surface area contributed by atoms with Gasteiger partial charge in [0.2, 0.25) is 0 Å². The smallest absolute Gasteiger partial charge is 0.120 e. The number of nitrogens with two attached hydrogens (primary N) is 1. The summed E-state index contributed by atoms with van der Waals surface area (Å²) < 4.78 is 5.22. The number of rotatable bonds is 5. The molecule has 18 heavy (non-hydrogen) atoms. The largest absolute Gasteiger partial charge is 0.497 e. The maximum absolute atomic E-state index is 5.97. The van der Waals surface area contributed by atoms with Gasteiger partial charge in [-0.1, -0.05) is 6.92 Å². The maximum atomic E-state index is 5.97. The Labute approximate surface area is 116 Å². The third-order valence-corrected chi connectivity index (χ3v) is 5.19. The highest BCUT2D eigenvalue weighted by molar-refractivity contribution is 7.98. The average molecular weight is 279 g/mol. The van der Waals surface area contributed by atoms with Gasteiger partial charge in [0, 0.05) is 26.1 Å². The minimum Gasteiger partial charge on any atom is -0.497 e. The normalized spacial score (nSPS) is 10.6. The number of hydrogen-bond donors (Lipinski definition) is 1. The van der Waals surface area contributed by atoms with Gasteiger partial charge in [-0.3, -0.25) is 0 Å². The van der Waals surface area contributed by atoms with Crippen molar-refractivity contribution in [2.75, 3.05) is 12.8 Å². The van der Waals surface area contributed by atoms with Crippen LogP contribution >= 0.6 is 23.1 Å². The van der Waals surface area contributed by atoms with E-state index in [4.69, 9.17) is 10.5 Å². The van der Waals surface area contributed by atoms with E-state index in [1.54, 1.807) is 18.9 Å². The van der Waals surface area contributed by atoms with E-state index < -0.39 is 0 Å². The van der Waals surface area contributed by atoms with Crippen LogP contribution in [-0.2, 0) is 12.2 Å². The summed E-state index contributed by atoms with van der Waals surface area (Å²) in [5.41, 5.74) is 6.78. The summed E-state index contributed by atoms with van der Waals surface area (Å²) in [6, 6.07) is 10.2. The molecular formula is C14H17NOS2. The number of nitrogen functional groups attached to an aromatic ring is 1. The Morgan fingerprint density at radius 1 is 1.22 bits per heavy atom. The van der Waals surface area contributed by atoms with Crippen LogP contribution in [0.3, 0.4) is 0 Å². The van der Waals surface area contributed by atoms with Crippen molar-refractivity contribution >= 4 is 28.8 Å². The fourth-order valence-corrected chi connectivity index (χ4v) is 3.60. The molecule has 2 rings (SSSR count). The SMILES string of the molecule is CCc1ccc(CSc2cc(OC)ccc2N)s1. The third-order valence-electron chi connectivity index (χ3n) is 2.66. The first-order valence-corrected chi connectivity index (χ1v) is 7.67. The van der Waals surface area contributed by atoms with Gasteiger partial charge in [0.1, 0.15) is 5.75 Å². The van der Waals surface area contributed by atoms with Crippen molar-refractivity contribution in [2.45, 2.75) is 24.0 Å². The van der Waals surface area contributed by atoms with Crippen molar-refractivity contribution in [3.05, 3.63) is 40.1 Å². The van der Waals surface area contributed by atoms with Crippen LogP contribution in [0.2, 0.25) is 0 Å². The van der Waals surface area contributed by atoms with Gasteiger partial charge in [-0.2, -0.15) is 0 Å². The van der Waals surface area contributed by atoms with Crippen molar-refractivity contribution in [1.82, 2.24) is 0 Å². The molecule has 96 valence electrons. The summed E-state index contributed by atoms with van der Waals surface area (Å²) >= 11 is 3.63. The molecule has 0 bridgehead atoms. The minimum absolute atomic E-state index is 0.813. The van der Waals surface area contributed by atoms with Crippen molar-refractivity contribution < 1.29 is 4.74 Å². The minimum atomic E-state index is 0.813. The molecule has 1 aromatic carbocycles. The molecule has 2 aromatic rings. The highest BCUT2D eigenvalue weighted by Crippen LogP contribution is 2.33. The highest BCUT2D eigenvalue weighted by Gasteiger charge is 2.04. The van der Waals surface area contributed by atoms with E-state index in [0.29, 0.717) is 0 Å². The van der Waals surface area contributed by atoms with Gasteiger partial charge in [0.25, 0.3) is 0 Å². The molecule has 1 heterocycles. The molecule has 0 unspecified atom stereocenters. The van der Waals surface area contributed by atoms with Crippen LogP contribution in [0, 0.1) is 0 Å². The zero-order valence-corrected chi connectivity index (χ0v) is 12.2. The van der Waals surface area contributed by atoms with Crippen LogP contribution in [0.4, 0.5) is 5.69 Å². The Hall–Kier alpha value is -1.13. The molecule has 0 atom stereocenters. The molecule has 0 saturated heterocycles. The average Bonchev–Trinajstić information content (AvgIpc) is 2.86. The van der Waals surface area contributed by atoms with Crippen LogP contribution in [0.1, 0.15) is 16.7 Å². The summed E-state index contributed by atoms with van der Waals surface area (Å²) in [5, 5.41) is 0. The summed E-state index contributed by atoms with van der Waals surface area (Å²) in [4.78, 5) is 3.91. The molecular weight excluding hydrogens is 262 g/mol. The fraction of sp³-hybridized carbons (Fsp3) is 0.286. The number of thiophene rings is 1. The second-order valence-corrected chi connectivity index (χ2v) is 6.18. The van der Waals surface area contributed by atoms with E-state index in [9.17, 15) is 0 Å². The molecule has 0 aliphatic rings. The van der Waals surface area contributed by atoms with Gasteiger partial charge in [0.15, 0.2) is 0 Å². The number of aryl methyl sites for hydroxylation is 1. The quantitative estimate of drug-likeness (QED) is 0.658. The van der Waals surface area contributed by atoms with Gasteiger partial charge in [-0.05, 0) is 36.8 Å². The van der Waals surface area contributed by atoms with Gasteiger partial charge in [-0.15, -0.1) is 23.1 Å². The Balaban J connectivity index is 2.05. The zero-order valence-electron chi connectivity index (χ0n) is 10.6. The molecule has 1 aromatic heterocycles. The topological polar surface area (TPSA) is 35.2 Å². The van der Waals surface area contributed by atoms with Gasteiger partial charge in [-0.25, -0.2) is 0 Å². The summed E-state index contributed by atoms with van der Waals surface area (Å²) in [5.74, 6) is 1.81. The first kappa shape index (κ1) is 13.3. The molecule has 0 amide bonds. The predicted molar refractivity (Wildman–Crippen MR) is 80.7 cm³/mol. The number of anilines is 1. The van der Waals surface area contributed by atoms with Crippen molar-refractivity contribution in [1.29, 1.82) is 0 Å². The van der Waals surface area contributed by atoms with Crippen molar-refractivity contribution in [2.24, 2.45) is 0 Å². The van der Waals surface area contributed by atoms with E-state index in [-0.39, 0.29) is 0 Å². The van der Waals surface area contributed by atoms with Gasteiger partial charge < -0.3 is 10.5 Å². The van der Waals surface area contributed by atoms with E-state index in [1.807, 2.05) is 29.5 Å². The maximum Gasteiger partial charge on any atom is 0.120 e. The van der Waals surface area contributed by atoms with E-state index in [0.717, 1.165) is 28.5 Å². The molecule has 2 nitrogen and oxygen atoms in total. The number of ether oxygens (including phenoxy) is 1. The predicted octanol–water partition coefficient (Wildman–Crippen LogP) is 4.19. The number of hydrogen-bond acceptors (Lipinski definition) is 4. The van der Waals surface area contributed by atoms with Crippen LogP contribution < -0.4 is 10.5 Å². The molecule has 0 fully saturated rings. The Morgan fingerprint density at radius 3 is 2.67 bits per heavy atom. The lowest BCUT2D eigenvalue weighted by atomic mass is 10.3. The number of benzene rings is 1. The standard InChI is InChI=1S/C14H17NOS2/c1-3-11-5-6-12(18-11)9-17-14-8-10(16-2)4-7-13(14)15/h4-8H,3,9,15H2,1-2H3. The lowest BCUT2D eigenvalue weighted by Gasteiger charge is -2.07. The van der Waals surface area contributed by atoms with Crippen molar-refractivity contribution in [3.63, 3.8) is 0 Å². The molecule has 0 radical (unpaired) electrons. The summed E-state index contributed by atoms with van der Waals surface area (Å²) in [7, 11) is 1.67. The zero-order chi connectivity index (χ0) is 13.0. The first-order chi connectivity index (χ1) is 8.72. The highest BCUT2D eigenvalue weighted by atomic mass is 32.2. The van der Waals surface area contributed by atoms with Crippen molar-refractivity contribution in [3.8, 4) is 5.75 Å². The van der Waals surface area contributed by atoms with Crippen LogP contribution in [0.25, 0.3) is 0 Å². The monoisotopic (exact) mass is 279 g/mol. The fourth-order valence-electron chi connectivity index (χ4n) is 1.61. The van der Waals surface area contributed by atoms with E-state index >= 15 is 0 Å². The van der Waals surface area contributed by atoms with Gasteiger partial charge in [0.05, 0.1) is 7.11 Å². The summed E-state index contributed by atoms with van der Waals surface area (Å²) in [6.07, 6.45) is 1.11. The Kier molecular flexibility index (Phi) is 4.55. The van der Waals surface area contributed by atoms with Crippen LogP contribution in [0.15, 0.2) is 35.2 Å². The third kappa shape index (κ3) is 3.21. The molecule has 2 N–H and O–H groups in total. The number of methoxy groups -OCH3 is 1. The molecule has 4 heteroatoms. The molecule has 0 saturated carbocycles. The summed E-state index contributed by atoms with van der Waals surface area (Å²) in [6.45, 7) is 2.18. The van der Waals surface area contributed by atoms with Crippen LogP contribution in [0.5, 0.6) is 5.75 Å². The molecule has 0 aliphatic heterocycles.